The topological polar surface area (TPSA) is 34.1 Å². The summed E-state index contributed by atoms with van der Waals surface area (Å²) in [6.07, 6.45) is 2.66. The largest absolute Gasteiger partial charge is 0.375 e. The number of alkyl halides is 2. The number of aromatic nitrogens is 1. The number of hydrogen-bond acceptors (Lipinski definition) is 3. The summed E-state index contributed by atoms with van der Waals surface area (Å²) in [5.74, 6) is 0. The first-order valence-electron chi connectivity index (χ1n) is 6.30. The number of likely N-dealkylation sites (N-methyl/N-ethyl adjacent to an activating group) is 1. The van der Waals surface area contributed by atoms with Crippen LogP contribution < -0.4 is 5.32 Å². The first-order chi connectivity index (χ1) is 9.11. The van der Waals surface area contributed by atoms with E-state index in [1.54, 1.807) is 6.20 Å². The molecule has 0 fully saturated rings. The van der Waals surface area contributed by atoms with Gasteiger partial charge in [-0.2, -0.15) is 0 Å². The third kappa shape index (κ3) is 7.54. The van der Waals surface area contributed by atoms with Gasteiger partial charge in [-0.15, -0.1) is 0 Å². The van der Waals surface area contributed by atoms with E-state index in [9.17, 15) is 8.78 Å². The Balaban J connectivity index is 2.39. The highest BCUT2D eigenvalue weighted by atomic mass is 79.9. The highest BCUT2D eigenvalue weighted by Crippen LogP contribution is 2.12. The number of ether oxygens (including phenoxy) is 1. The number of rotatable bonds is 9. The maximum atomic E-state index is 11.9. The Morgan fingerprint density at radius 1 is 1.42 bits per heavy atom. The number of halogens is 3. The van der Waals surface area contributed by atoms with E-state index in [1.165, 1.54) is 0 Å². The molecule has 3 nitrogen and oxygen atoms in total. The Labute approximate surface area is 120 Å². The molecule has 0 aromatic carbocycles. The summed E-state index contributed by atoms with van der Waals surface area (Å²) in [6, 6.07) is 2.22. The average molecular weight is 337 g/mol. The molecular formula is C13H19BrF2N2O. The van der Waals surface area contributed by atoms with Gasteiger partial charge in [0, 0.05) is 29.5 Å². The number of pyridine rings is 1. The molecular weight excluding hydrogens is 318 g/mol. The van der Waals surface area contributed by atoms with Gasteiger partial charge in [0.2, 0.25) is 0 Å². The second-order valence-corrected chi connectivity index (χ2v) is 5.14. The summed E-state index contributed by atoms with van der Waals surface area (Å²) >= 11 is 3.38. The molecule has 19 heavy (non-hydrogen) atoms. The monoisotopic (exact) mass is 336 g/mol. The molecule has 0 aliphatic carbocycles. The quantitative estimate of drug-likeness (QED) is 0.704. The van der Waals surface area contributed by atoms with Crippen LogP contribution in [0.25, 0.3) is 0 Å². The molecule has 1 unspecified atom stereocenters. The lowest BCUT2D eigenvalue weighted by Crippen LogP contribution is -2.32. The summed E-state index contributed by atoms with van der Waals surface area (Å²) in [5.41, 5.74) is 1.11. The molecule has 6 heteroatoms. The standard InChI is InChI=1S/C13H19BrF2N2O/c1-2-18-12(3-4-19-9-13(15)16)6-10-5-11(14)8-17-7-10/h5,7-8,12-13,18H,2-4,6,9H2,1H3. The van der Waals surface area contributed by atoms with Crippen LogP contribution in [0.3, 0.4) is 0 Å². The van der Waals surface area contributed by atoms with Gasteiger partial charge in [0.25, 0.3) is 6.43 Å². The predicted molar refractivity (Wildman–Crippen MR) is 74.5 cm³/mol. The third-order valence-corrected chi connectivity index (χ3v) is 3.02. The fourth-order valence-electron chi connectivity index (χ4n) is 1.81. The summed E-state index contributed by atoms with van der Waals surface area (Å²) < 4.78 is 29.7. The zero-order chi connectivity index (χ0) is 14.1. The normalized spacial score (nSPS) is 12.9. The van der Waals surface area contributed by atoms with Crippen LogP contribution in [-0.2, 0) is 11.2 Å². The molecule has 0 saturated carbocycles. The van der Waals surface area contributed by atoms with Gasteiger partial charge < -0.3 is 10.1 Å². The smallest absolute Gasteiger partial charge is 0.261 e. The molecule has 0 bridgehead atoms. The van der Waals surface area contributed by atoms with Crippen molar-refractivity contribution in [2.75, 3.05) is 19.8 Å². The Kier molecular flexibility index (Phi) is 8.09. The van der Waals surface area contributed by atoms with E-state index in [-0.39, 0.29) is 6.04 Å². The minimum atomic E-state index is -2.40. The van der Waals surface area contributed by atoms with E-state index in [1.807, 2.05) is 19.2 Å². The molecule has 108 valence electrons. The molecule has 0 spiro atoms. The van der Waals surface area contributed by atoms with Crippen LogP contribution in [0.15, 0.2) is 22.9 Å². The van der Waals surface area contributed by atoms with Crippen LogP contribution in [0, 0.1) is 0 Å². The number of nitrogens with zero attached hydrogens (tertiary/aromatic N) is 1. The van der Waals surface area contributed by atoms with E-state index in [0.717, 1.165) is 23.0 Å². The van der Waals surface area contributed by atoms with Crippen molar-refractivity contribution in [1.29, 1.82) is 0 Å². The van der Waals surface area contributed by atoms with Crippen LogP contribution in [0.2, 0.25) is 0 Å². The van der Waals surface area contributed by atoms with Crippen molar-refractivity contribution in [3.8, 4) is 0 Å². The molecule has 1 heterocycles. The van der Waals surface area contributed by atoms with E-state index in [2.05, 4.69) is 26.2 Å². The molecule has 0 aliphatic rings. The molecule has 1 aromatic rings. The van der Waals surface area contributed by atoms with Crippen molar-refractivity contribution in [2.45, 2.75) is 32.2 Å². The lowest BCUT2D eigenvalue weighted by molar-refractivity contribution is 0.0144. The fraction of sp³-hybridized carbons (Fsp3) is 0.615. The van der Waals surface area contributed by atoms with Gasteiger partial charge in [-0.05, 0) is 46.9 Å². The minimum Gasteiger partial charge on any atom is -0.375 e. The molecule has 1 rings (SSSR count). The first-order valence-corrected chi connectivity index (χ1v) is 7.09. The van der Waals surface area contributed by atoms with Crippen molar-refractivity contribution in [1.82, 2.24) is 10.3 Å². The predicted octanol–water partition coefficient (Wildman–Crippen LogP) is 3.04. The van der Waals surface area contributed by atoms with Crippen LogP contribution in [0.5, 0.6) is 0 Å². The van der Waals surface area contributed by atoms with E-state index in [4.69, 9.17) is 4.74 Å². The van der Waals surface area contributed by atoms with Gasteiger partial charge in [-0.25, -0.2) is 8.78 Å². The fourth-order valence-corrected chi connectivity index (χ4v) is 2.23. The van der Waals surface area contributed by atoms with Crippen molar-refractivity contribution >= 4 is 15.9 Å². The summed E-state index contributed by atoms with van der Waals surface area (Å²) in [7, 11) is 0. The van der Waals surface area contributed by atoms with Gasteiger partial charge in [-0.3, -0.25) is 4.98 Å². The molecule has 1 atom stereocenters. The highest BCUT2D eigenvalue weighted by molar-refractivity contribution is 9.10. The second-order valence-electron chi connectivity index (χ2n) is 4.22. The Bertz CT molecular complexity index is 366. The zero-order valence-corrected chi connectivity index (χ0v) is 12.5. The van der Waals surface area contributed by atoms with Gasteiger partial charge in [0.05, 0.1) is 0 Å². The van der Waals surface area contributed by atoms with Gasteiger partial charge in [0.15, 0.2) is 0 Å². The van der Waals surface area contributed by atoms with E-state index >= 15 is 0 Å². The highest BCUT2D eigenvalue weighted by Gasteiger charge is 2.10. The Morgan fingerprint density at radius 3 is 2.84 bits per heavy atom. The van der Waals surface area contributed by atoms with Crippen LogP contribution in [0.4, 0.5) is 8.78 Å². The lowest BCUT2D eigenvalue weighted by Gasteiger charge is -2.18. The lowest BCUT2D eigenvalue weighted by atomic mass is 10.1. The first kappa shape index (κ1) is 16.5. The second kappa shape index (κ2) is 9.34. The summed E-state index contributed by atoms with van der Waals surface area (Å²) in [6.45, 7) is 2.70. The van der Waals surface area contributed by atoms with Gasteiger partial charge >= 0.3 is 0 Å². The Morgan fingerprint density at radius 2 is 2.21 bits per heavy atom. The van der Waals surface area contributed by atoms with Gasteiger partial charge in [0.1, 0.15) is 6.61 Å². The zero-order valence-electron chi connectivity index (χ0n) is 10.9. The Hall–Kier alpha value is -0.590. The van der Waals surface area contributed by atoms with Crippen molar-refractivity contribution in [3.05, 3.63) is 28.5 Å². The maximum Gasteiger partial charge on any atom is 0.261 e. The van der Waals surface area contributed by atoms with Crippen molar-refractivity contribution in [3.63, 3.8) is 0 Å². The minimum absolute atomic E-state index is 0.207. The number of hydrogen-bond donors (Lipinski definition) is 1. The van der Waals surface area contributed by atoms with Crippen molar-refractivity contribution < 1.29 is 13.5 Å². The average Bonchev–Trinajstić information content (AvgIpc) is 2.34. The van der Waals surface area contributed by atoms with Crippen molar-refractivity contribution in [2.24, 2.45) is 0 Å². The molecule has 0 radical (unpaired) electrons. The summed E-state index contributed by atoms with van der Waals surface area (Å²) in [5, 5.41) is 3.33. The van der Waals surface area contributed by atoms with E-state index < -0.39 is 13.0 Å². The molecule has 0 aliphatic heterocycles. The van der Waals surface area contributed by atoms with E-state index in [0.29, 0.717) is 13.0 Å². The molecule has 0 amide bonds. The maximum absolute atomic E-state index is 11.9. The van der Waals surface area contributed by atoms with Gasteiger partial charge in [-0.1, -0.05) is 6.92 Å². The van der Waals surface area contributed by atoms with Crippen LogP contribution in [0.1, 0.15) is 18.9 Å². The summed E-state index contributed by atoms with van der Waals surface area (Å²) in [4.78, 5) is 4.11. The molecule has 1 N–H and O–H groups in total. The van der Waals surface area contributed by atoms with Crippen LogP contribution >= 0.6 is 15.9 Å². The molecule has 1 aromatic heterocycles. The number of nitrogens with one attached hydrogen (secondary N) is 1. The van der Waals surface area contributed by atoms with Crippen LogP contribution in [-0.4, -0.2) is 37.2 Å². The molecule has 0 saturated heterocycles. The SMILES string of the molecule is CCNC(CCOCC(F)F)Cc1cncc(Br)c1. The third-order valence-electron chi connectivity index (χ3n) is 2.59.